The van der Waals surface area contributed by atoms with Crippen molar-refractivity contribution in [1.29, 1.82) is 0 Å². The number of anilines is 2. The number of rotatable bonds is 9. The summed E-state index contributed by atoms with van der Waals surface area (Å²) >= 11 is 3.60. The first-order chi connectivity index (χ1) is 19.3. The molecule has 0 saturated carbocycles. The van der Waals surface area contributed by atoms with Crippen molar-refractivity contribution in [2.45, 2.75) is 24.0 Å². The van der Waals surface area contributed by atoms with Gasteiger partial charge in [-0.05, 0) is 103 Å². The standard InChI is InChI=1S/C32H28IN3O3S/c1-21-8-6-9-23(18-21)19-29(36-31(38)24-10-4-3-5-11-24)32(39)35-27-12-7-13-28(20-27)40-22(2)30(37)34-26-16-14-25(33)15-17-26/h3-20,22H,1-2H3,(H,34,37)(H,35,39)(H,36,38)/b29-19+. The maximum atomic E-state index is 13.4. The van der Waals surface area contributed by atoms with Crippen LogP contribution in [0.25, 0.3) is 6.08 Å². The van der Waals surface area contributed by atoms with E-state index in [9.17, 15) is 14.4 Å². The molecule has 1 atom stereocenters. The van der Waals surface area contributed by atoms with E-state index in [4.69, 9.17) is 0 Å². The van der Waals surface area contributed by atoms with Crippen LogP contribution in [0.3, 0.4) is 0 Å². The van der Waals surface area contributed by atoms with E-state index in [2.05, 4.69) is 38.5 Å². The molecule has 0 saturated heterocycles. The number of thioether (sulfide) groups is 1. The van der Waals surface area contributed by atoms with Gasteiger partial charge in [-0.1, -0.05) is 54.1 Å². The minimum Gasteiger partial charge on any atom is -0.325 e. The molecule has 202 valence electrons. The van der Waals surface area contributed by atoms with Gasteiger partial charge in [0.1, 0.15) is 5.70 Å². The second kappa shape index (κ2) is 14.0. The maximum Gasteiger partial charge on any atom is 0.272 e. The van der Waals surface area contributed by atoms with Crippen LogP contribution in [-0.4, -0.2) is 23.0 Å². The summed E-state index contributed by atoms with van der Waals surface area (Å²) in [5, 5.41) is 8.21. The van der Waals surface area contributed by atoms with E-state index in [-0.39, 0.29) is 22.8 Å². The normalized spacial score (nSPS) is 11.8. The monoisotopic (exact) mass is 661 g/mol. The number of amides is 3. The van der Waals surface area contributed by atoms with Gasteiger partial charge in [0.05, 0.1) is 5.25 Å². The fourth-order valence-electron chi connectivity index (χ4n) is 3.75. The molecule has 0 radical (unpaired) electrons. The van der Waals surface area contributed by atoms with Crippen LogP contribution in [0.15, 0.2) is 114 Å². The number of benzene rings is 4. The smallest absolute Gasteiger partial charge is 0.272 e. The average molecular weight is 662 g/mol. The van der Waals surface area contributed by atoms with E-state index < -0.39 is 5.91 Å². The summed E-state index contributed by atoms with van der Waals surface area (Å²) in [6.45, 7) is 3.80. The minimum atomic E-state index is -0.461. The Morgan fingerprint density at radius 3 is 2.25 bits per heavy atom. The summed E-state index contributed by atoms with van der Waals surface area (Å²) in [5.74, 6) is -0.961. The molecular weight excluding hydrogens is 633 g/mol. The summed E-state index contributed by atoms with van der Waals surface area (Å²) < 4.78 is 1.09. The van der Waals surface area contributed by atoms with Gasteiger partial charge in [0.2, 0.25) is 5.91 Å². The first kappa shape index (κ1) is 29.1. The Bertz CT molecular complexity index is 1540. The van der Waals surface area contributed by atoms with E-state index in [1.54, 1.807) is 42.5 Å². The van der Waals surface area contributed by atoms with Crippen LogP contribution >= 0.6 is 34.4 Å². The second-order valence-electron chi connectivity index (χ2n) is 9.03. The maximum absolute atomic E-state index is 13.4. The Kier molecular flexibility index (Phi) is 10.2. The van der Waals surface area contributed by atoms with E-state index in [0.29, 0.717) is 11.3 Å². The molecule has 4 aromatic rings. The quantitative estimate of drug-likeness (QED) is 0.101. The number of halogens is 1. The fourth-order valence-corrected chi connectivity index (χ4v) is 5.04. The Morgan fingerprint density at radius 2 is 1.52 bits per heavy atom. The van der Waals surface area contributed by atoms with Gasteiger partial charge < -0.3 is 16.0 Å². The first-order valence-corrected chi connectivity index (χ1v) is 14.5. The first-order valence-electron chi connectivity index (χ1n) is 12.6. The van der Waals surface area contributed by atoms with Crippen molar-refractivity contribution in [3.8, 4) is 0 Å². The van der Waals surface area contributed by atoms with Gasteiger partial charge in [0.15, 0.2) is 0 Å². The molecule has 8 heteroatoms. The van der Waals surface area contributed by atoms with Crippen LogP contribution in [-0.2, 0) is 9.59 Å². The van der Waals surface area contributed by atoms with Gasteiger partial charge >= 0.3 is 0 Å². The second-order valence-corrected chi connectivity index (χ2v) is 11.7. The molecule has 3 amide bonds. The highest BCUT2D eigenvalue weighted by Gasteiger charge is 2.17. The Morgan fingerprint density at radius 1 is 0.800 bits per heavy atom. The van der Waals surface area contributed by atoms with Gasteiger partial charge in [-0.25, -0.2) is 0 Å². The van der Waals surface area contributed by atoms with Crippen LogP contribution in [0.4, 0.5) is 11.4 Å². The van der Waals surface area contributed by atoms with Gasteiger partial charge in [-0.15, -0.1) is 11.8 Å². The highest BCUT2D eigenvalue weighted by molar-refractivity contribution is 14.1. The lowest BCUT2D eigenvalue weighted by Gasteiger charge is -2.14. The molecule has 40 heavy (non-hydrogen) atoms. The molecule has 3 N–H and O–H groups in total. The molecular formula is C32H28IN3O3S. The molecule has 1 unspecified atom stereocenters. The van der Waals surface area contributed by atoms with Crippen molar-refractivity contribution >= 4 is 69.5 Å². The van der Waals surface area contributed by atoms with Crippen molar-refractivity contribution in [3.63, 3.8) is 0 Å². The largest absolute Gasteiger partial charge is 0.325 e. The van der Waals surface area contributed by atoms with Crippen molar-refractivity contribution in [1.82, 2.24) is 5.32 Å². The molecule has 6 nitrogen and oxygen atoms in total. The van der Waals surface area contributed by atoms with Crippen molar-refractivity contribution in [3.05, 3.63) is 129 Å². The number of aryl methyl sites for hydroxylation is 1. The van der Waals surface area contributed by atoms with Gasteiger partial charge in [-0.2, -0.15) is 0 Å². The highest BCUT2D eigenvalue weighted by atomic mass is 127. The lowest BCUT2D eigenvalue weighted by atomic mass is 10.1. The molecule has 4 rings (SSSR count). The molecule has 0 aliphatic rings. The predicted octanol–water partition coefficient (Wildman–Crippen LogP) is 7.13. The van der Waals surface area contributed by atoms with Crippen LogP contribution in [0.1, 0.15) is 28.4 Å². The van der Waals surface area contributed by atoms with E-state index >= 15 is 0 Å². The number of hydrogen-bond donors (Lipinski definition) is 3. The Labute approximate surface area is 251 Å². The topological polar surface area (TPSA) is 87.3 Å². The molecule has 0 spiro atoms. The lowest BCUT2D eigenvalue weighted by molar-refractivity contribution is -0.115. The molecule has 4 aromatic carbocycles. The van der Waals surface area contributed by atoms with Crippen molar-refractivity contribution < 1.29 is 14.4 Å². The van der Waals surface area contributed by atoms with Crippen LogP contribution in [0, 0.1) is 10.5 Å². The fraction of sp³-hybridized carbons (Fsp3) is 0.0938. The number of carbonyl (C=O) groups is 3. The molecule has 0 aliphatic carbocycles. The highest BCUT2D eigenvalue weighted by Crippen LogP contribution is 2.27. The number of nitrogens with one attached hydrogen (secondary N) is 3. The molecule has 0 fully saturated rings. The Balaban J connectivity index is 1.47. The van der Waals surface area contributed by atoms with Crippen molar-refractivity contribution in [2.24, 2.45) is 0 Å². The van der Waals surface area contributed by atoms with E-state index in [1.807, 2.05) is 80.6 Å². The molecule has 0 bridgehead atoms. The number of carbonyl (C=O) groups excluding carboxylic acids is 3. The van der Waals surface area contributed by atoms with Crippen LogP contribution < -0.4 is 16.0 Å². The summed E-state index contributed by atoms with van der Waals surface area (Å²) in [5.41, 5.74) is 3.67. The Hall–Kier alpha value is -3.89. The van der Waals surface area contributed by atoms with Crippen LogP contribution in [0.5, 0.6) is 0 Å². The van der Waals surface area contributed by atoms with E-state index in [0.717, 1.165) is 25.3 Å². The summed E-state index contributed by atoms with van der Waals surface area (Å²) in [4.78, 5) is 39.8. The summed E-state index contributed by atoms with van der Waals surface area (Å²) in [6.07, 6.45) is 1.65. The third-order valence-electron chi connectivity index (χ3n) is 5.77. The van der Waals surface area contributed by atoms with Crippen molar-refractivity contribution in [2.75, 3.05) is 10.6 Å². The van der Waals surface area contributed by atoms with E-state index in [1.165, 1.54) is 11.8 Å². The zero-order valence-electron chi connectivity index (χ0n) is 22.0. The van der Waals surface area contributed by atoms with Crippen LogP contribution in [0.2, 0.25) is 0 Å². The molecule has 0 aromatic heterocycles. The van der Waals surface area contributed by atoms with Gasteiger partial charge in [0.25, 0.3) is 11.8 Å². The molecule has 0 aliphatic heterocycles. The van der Waals surface area contributed by atoms with Gasteiger partial charge in [-0.3, -0.25) is 14.4 Å². The summed E-state index contributed by atoms with van der Waals surface area (Å²) in [6, 6.07) is 31.3. The third kappa shape index (κ3) is 8.56. The lowest BCUT2D eigenvalue weighted by Crippen LogP contribution is -2.30. The zero-order chi connectivity index (χ0) is 28.5. The third-order valence-corrected chi connectivity index (χ3v) is 7.58. The SMILES string of the molecule is Cc1cccc(/C=C(/NC(=O)c2ccccc2)C(=O)Nc2cccc(SC(C)C(=O)Nc3ccc(I)cc3)c2)c1. The minimum absolute atomic E-state index is 0.114. The molecule has 0 heterocycles. The van der Waals surface area contributed by atoms with Gasteiger partial charge in [0, 0.05) is 25.4 Å². The zero-order valence-corrected chi connectivity index (χ0v) is 25.0. The summed E-state index contributed by atoms with van der Waals surface area (Å²) in [7, 11) is 0. The predicted molar refractivity (Wildman–Crippen MR) is 171 cm³/mol. The number of hydrogen-bond acceptors (Lipinski definition) is 4. The average Bonchev–Trinajstić information content (AvgIpc) is 2.94.